The van der Waals surface area contributed by atoms with Crippen molar-refractivity contribution in [3.05, 3.63) is 0 Å². The normalized spacial score (nSPS) is 43.0. The molecule has 2 aliphatic heterocycles. The van der Waals surface area contributed by atoms with E-state index in [9.17, 15) is 0 Å². The minimum Gasteiger partial charge on any atom is -0.372 e. The van der Waals surface area contributed by atoms with Gasteiger partial charge in [0, 0.05) is 19.1 Å². The first-order chi connectivity index (χ1) is 5.75. The highest BCUT2D eigenvalue weighted by molar-refractivity contribution is 4.82. The predicted molar refractivity (Wildman–Crippen MR) is 49.2 cm³/mol. The van der Waals surface area contributed by atoms with E-state index in [0.717, 1.165) is 18.6 Å². The lowest BCUT2D eigenvalue weighted by Gasteiger charge is -2.36. The number of hydrogen-bond donors (Lipinski definition) is 0. The Balaban J connectivity index is 1.82. The lowest BCUT2D eigenvalue weighted by atomic mass is 9.95. The second kappa shape index (κ2) is 3.35. The van der Waals surface area contributed by atoms with Gasteiger partial charge in [0.2, 0.25) is 0 Å². The van der Waals surface area contributed by atoms with E-state index in [-0.39, 0.29) is 0 Å². The average molecular weight is 169 g/mol. The van der Waals surface area contributed by atoms with Crippen LogP contribution in [-0.4, -0.2) is 36.7 Å². The van der Waals surface area contributed by atoms with Crippen molar-refractivity contribution in [2.24, 2.45) is 5.92 Å². The maximum absolute atomic E-state index is 5.25. The van der Waals surface area contributed by atoms with E-state index in [1.807, 2.05) is 0 Å². The first-order valence-electron chi connectivity index (χ1n) is 5.11. The minimum atomic E-state index is 0.567. The molecule has 2 fully saturated rings. The summed E-state index contributed by atoms with van der Waals surface area (Å²) in [5, 5.41) is 0. The molecule has 3 atom stereocenters. The van der Waals surface area contributed by atoms with Gasteiger partial charge in [0.1, 0.15) is 0 Å². The van der Waals surface area contributed by atoms with Crippen LogP contribution < -0.4 is 0 Å². The summed E-state index contributed by atoms with van der Waals surface area (Å²) >= 11 is 0. The second-order valence-electron chi connectivity index (χ2n) is 4.44. The zero-order valence-corrected chi connectivity index (χ0v) is 8.12. The van der Waals surface area contributed by atoms with E-state index in [1.165, 1.54) is 25.9 Å². The summed E-state index contributed by atoms with van der Waals surface area (Å²) in [5.74, 6) is 0.889. The smallest absolute Gasteiger partial charge is 0.0936 e. The first-order valence-corrected chi connectivity index (χ1v) is 5.11. The van der Waals surface area contributed by atoms with E-state index >= 15 is 0 Å². The van der Waals surface area contributed by atoms with Crippen LogP contribution in [0.4, 0.5) is 0 Å². The molecule has 0 aliphatic carbocycles. The Morgan fingerprint density at radius 3 is 2.75 bits per heavy atom. The van der Waals surface area contributed by atoms with Crippen molar-refractivity contribution in [3.63, 3.8) is 0 Å². The van der Waals surface area contributed by atoms with Gasteiger partial charge in [-0.2, -0.15) is 0 Å². The molecule has 0 bridgehead atoms. The fraction of sp³-hybridized carbons (Fsp3) is 1.00. The molecular weight excluding hydrogens is 150 g/mol. The van der Waals surface area contributed by atoms with Crippen molar-refractivity contribution in [1.82, 2.24) is 4.90 Å². The third-order valence-corrected chi connectivity index (χ3v) is 3.09. The molecule has 0 radical (unpaired) electrons. The molecule has 2 unspecified atom stereocenters. The van der Waals surface area contributed by atoms with Crippen LogP contribution >= 0.6 is 0 Å². The Morgan fingerprint density at radius 2 is 2.08 bits per heavy atom. The molecule has 0 aromatic heterocycles. The second-order valence-corrected chi connectivity index (χ2v) is 4.44. The summed E-state index contributed by atoms with van der Waals surface area (Å²) < 4.78 is 5.25. The van der Waals surface area contributed by atoms with Gasteiger partial charge >= 0.3 is 0 Å². The van der Waals surface area contributed by atoms with Crippen LogP contribution in [-0.2, 0) is 4.74 Å². The Labute approximate surface area is 74.9 Å². The summed E-state index contributed by atoms with van der Waals surface area (Å²) in [6.45, 7) is 8.14. The molecule has 2 nitrogen and oxygen atoms in total. The van der Waals surface area contributed by atoms with Gasteiger partial charge in [0.05, 0.1) is 12.7 Å². The predicted octanol–water partition coefficient (Wildman–Crippen LogP) is 1.51. The van der Waals surface area contributed by atoms with E-state index in [4.69, 9.17) is 4.74 Å². The van der Waals surface area contributed by atoms with Crippen molar-refractivity contribution in [1.29, 1.82) is 0 Å². The third kappa shape index (κ3) is 1.99. The Morgan fingerprint density at radius 1 is 1.33 bits per heavy atom. The number of nitrogens with zero attached hydrogens (tertiary/aromatic N) is 1. The third-order valence-electron chi connectivity index (χ3n) is 3.09. The van der Waals surface area contributed by atoms with Crippen LogP contribution in [0.15, 0.2) is 0 Å². The largest absolute Gasteiger partial charge is 0.372 e. The molecule has 12 heavy (non-hydrogen) atoms. The van der Waals surface area contributed by atoms with Crippen molar-refractivity contribution in [3.8, 4) is 0 Å². The Bertz CT molecular complexity index is 154. The maximum Gasteiger partial charge on any atom is 0.0936 e. The van der Waals surface area contributed by atoms with Crippen LogP contribution in [0.1, 0.15) is 26.7 Å². The van der Waals surface area contributed by atoms with Crippen molar-refractivity contribution >= 4 is 0 Å². The topological polar surface area (TPSA) is 15.8 Å². The number of hydrogen-bond acceptors (Lipinski definition) is 2. The van der Waals surface area contributed by atoms with E-state index in [2.05, 4.69) is 18.7 Å². The molecule has 2 rings (SSSR count). The molecule has 0 aromatic rings. The zero-order valence-electron chi connectivity index (χ0n) is 8.12. The van der Waals surface area contributed by atoms with Gasteiger partial charge in [0.15, 0.2) is 0 Å². The van der Waals surface area contributed by atoms with Crippen molar-refractivity contribution in [2.75, 3.05) is 19.7 Å². The van der Waals surface area contributed by atoms with Gasteiger partial charge in [-0.15, -0.1) is 0 Å². The SMILES string of the molecule is CC1CCC(C)N(C[C@H]2CO2)C1. The standard InChI is InChI=1S/C10H19NO/c1-8-3-4-9(2)11(5-8)6-10-7-12-10/h8-10H,3-7H2,1-2H3/t8?,9?,10-/m0/s1. The Kier molecular flexibility index (Phi) is 2.37. The molecular formula is C10H19NO. The lowest BCUT2D eigenvalue weighted by Crippen LogP contribution is -2.42. The van der Waals surface area contributed by atoms with Crippen LogP contribution in [0.5, 0.6) is 0 Å². The summed E-state index contributed by atoms with van der Waals surface area (Å²) in [5.41, 5.74) is 0. The monoisotopic (exact) mass is 169 g/mol. The number of piperidine rings is 1. The van der Waals surface area contributed by atoms with Crippen LogP contribution in [0.25, 0.3) is 0 Å². The molecule has 0 spiro atoms. The Hall–Kier alpha value is -0.0800. The van der Waals surface area contributed by atoms with E-state index in [1.54, 1.807) is 0 Å². The van der Waals surface area contributed by atoms with Gasteiger partial charge in [-0.05, 0) is 25.7 Å². The highest BCUT2D eigenvalue weighted by atomic mass is 16.6. The van der Waals surface area contributed by atoms with Gasteiger partial charge in [-0.25, -0.2) is 0 Å². The summed E-state index contributed by atoms with van der Waals surface area (Å²) in [6.07, 6.45) is 3.34. The summed E-state index contributed by atoms with van der Waals surface area (Å²) in [6, 6.07) is 0.783. The van der Waals surface area contributed by atoms with Gasteiger partial charge in [0.25, 0.3) is 0 Å². The summed E-state index contributed by atoms with van der Waals surface area (Å²) in [7, 11) is 0. The molecule has 2 saturated heterocycles. The van der Waals surface area contributed by atoms with Gasteiger partial charge in [-0.3, -0.25) is 4.90 Å². The fourth-order valence-corrected chi connectivity index (χ4v) is 2.07. The minimum absolute atomic E-state index is 0.567. The van der Waals surface area contributed by atoms with Gasteiger partial charge < -0.3 is 4.74 Å². The fourth-order valence-electron chi connectivity index (χ4n) is 2.07. The van der Waals surface area contributed by atoms with E-state index in [0.29, 0.717) is 6.10 Å². The molecule has 0 amide bonds. The highest BCUT2D eigenvalue weighted by Gasteiger charge is 2.30. The molecule has 0 N–H and O–H groups in total. The quantitative estimate of drug-likeness (QED) is 0.582. The van der Waals surface area contributed by atoms with Crippen molar-refractivity contribution < 1.29 is 4.74 Å². The van der Waals surface area contributed by atoms with Gasteiger partial charge in [-0.1, -0.05) is 6.92 Å². The molecule has 0 aromatic carbocycles. The number of rotatable bonds is 2. The highest BCUT2D eigenvalue weighted by Crippen LogP contribution is 2.23. The molecule has 70 valence electrons. The van der Waals surface area contributed by atoms with Crippen LogP contribution in [0.3, 0.4) is 0 Å². The molecule has 0 saturated carbocycles. The number of likely N-dealkylation sites (tertiary alicyclic amines) is 1. The van der Waals surface area contributed by atoms with Crippen molar-refractivity contribution in [2.45, 2.75) is 38.8 Å². The van der Waals surface area contributed by atoms with Crippen LogP contribution in [0, 0.1) is 5.92 Å². The van der Waals surface area contributed by atoms with Crippen LogP contribution in [0.2, 0.25) is 0 Å². The lowest BCUT2D eigenvalue weighted by molar-refractivity contribution is 0.115. The molecule has 2 heterocycles. The molecule has 2 aliphatic rings. The number of epoxide rings is 1. The molecule has 2 heteroatoms. The number of ether oxygens (including phenoxy) is 1. The summed E-state index contributed by atoms with van der Waals surface area (Å²) in [4.78, 5) is 2.59. The zero-order chi connectivity index (χ0) is 8.55. The van der Waals surface area contributed by atoms with E-state index < -0.39 is 0 Å². The maximum atomic E-state index is 5.25. The average Bonchev–Trinajstić information content (AvgIpc) is 2.81. The first kappa shape index (κ1) is 8.52.